The minimum Gasteiger partial charge on any atom is -0.366 e. The van der Waals surface area contributed by atoms with E-state index in [2.05, 4.69) is 15.9 Å². The smallest absolute Gasteiger partial charge is 0.251 e. The molecule has 1 aliphatic heterocycles. The number of hydrogen-bond donors (Lipinski definition) is 1. The highest BCUT2D eigenvalue weighted by Crippen LogP contribution is 2.30. The first kappa shape index (κ1) is 11.9. The van der Waals surface area contributed by atoms with Crippen LogP contribution in [0.15, 0.2) is 34.8 Å². The molecule has 1 aromatic rings. The summed E-state index contributed by atoms with van der Waals surface area (Å²) in [6.07, 6.45) is 3.12. The molecule has 17 heavy (non-hydrogen) atoms. The Morgan fingerprint density at radius 1 is 1.35 bits per heavy atom. The summed E-state index contributed by atoms with van der Waals surface area (Å²) in [5.74, 6) is -0.840. The number of carbonyl (C=O) groups is 2. The Bertz CT molecular complexity index is 511. The lowest BCUT2D eigenvalue weighted by Gasteiger charge is -2.15. The highest BCUT2D eigenvalue weighted by atomic mass is 79.9. The van der Waals surface area contributed by atoms with Crippen LogP contribution < -0.4 is 10.6 Å². The second-order valence-electron chi connectivity index (χ2n) is 3.75. The van der Waals surface area contributed by atoms with Crippen LogP contribution in [0.25, 0.3) is 0 Å². The summed E-state index contributed by atoms with van der Waals surface area (Å²) in [6.45, 7) is 0.633. The molecule has 0 unspecified atom stereocenters. The van der Waals surface area contributed by atoms with Crippen LogP contribution in [0.2, 0.25) is 0 Å². The molecular formula is C12H11BrN2O2. The molecule has 0 saturated carbocycles. The Balaban J connectivity index is 2.24. The van der Waals surface area contributed by atoms with Gasteiger partial charge in [0.2, 0.25) is 5.91 Å². The van der Waals surface area contributed by atoms with Crippen molar-refractivity contribution in [1.29, 1.82) is 0 Å². The van der Waals surface area contributed by atoms with E-state index in [1.807, 2.05) is 18.2 Å². The molecule has 1 heterocycles. The van der Waals surface area contributed by atoms with Gasteiger partial charge in [-0.25, -0.2) is 0 Å². The molecule has 2 amide bonds. The van der Waals surface area contributed by atoms with Crippen molar-refractivity contribution < 1.29 is 9.59 Å². The molecule has 0 spiro atoms. The highest BCUT2D eigenvalue weighted by Gasteiger charge is 2.23. The topological polar surface area (TPSA) is 63.4 Å². The fourth-order valence-electron chi connectivity index (χ4n) is 1.82. The van der Waals surface area contributed by atoms with E-state index in [0.717, 1.165) is 28.2 Å². The van der Waals surface area contributed by atoms with E-state index in [0.29, 0.717) is 6.54 Å². The predicted molar refractivity (Wildman–Crippen MR) is 68.5 cm³/mol. The predicted octanol–water partition coefficient (Wildman–Crippen LogP) is 1.38. The summed E-state index contributed by atoms with van der Waals surface area (Å²) in [5, 5.41) is 0. The number of nitrogens with zero attached hydrogens (tertiary/aromatic N) is 1. The maximum absolute atomic E-state index is 11.8. The van der Waals surface area contributed by atoms with E-state index >= 15 is 0 Å². The Kier molecular flexibility index (Phi) is 3.28. The van der Waals surface area contributed by atoms with Crippen LogP contribution in [0.3, 0.4) is 0 Å². The molecule has 0 atom stereocenters. The Labute approximate surface area is 107 Å². The maximum Gasteiger partial charge on any atom is 0.251 e. The van der Waals surface area contributed by atoms with E-state index < -0.39 is 5.91 Å². The van der Waals surface area contributed by atoms with Crippen LogP contribution in [0.4, 0.5) is 5.69 Å². The molecule has 0 radical (unpaired) electrons. The summed E-state index contributed by atoms with van der Waals surface area (Å²) in [5.41, 5.74) is 6.98. The average molecular weight is 295 g/mol. The number of rotatable bonds is 2. The van der Waals surface area contributed by atoms with E-state index in [4.69, 9.17) is 5.73 Å². The van der Waals surface area contributed by atoms with Crippen molar-refractivity contribution in [2.45, 2.75) is 6.42 Å². The number of carbonyl (C=O) groups excluding carboxylic acids is 2. The van der Waals surface area contributed by atoms with Crippen molar-refractivity contribution in [3.05, 3.63) is 40.4 Å². The van der Waals surface area contributed by atoms with Gasteiger partial charge in [-0.3, -0.25) is 9.59 Å². The first-order valence-corrected chi connectivity index (χ1v) is 5.94. The lowest BCUT2D eigenvalue weighted by Crippen LogP contribution is -2.27. The molecule has 2 N–H and O–H groups in total. The molecule has 0 aromatic heterocycles. The van der Waals surface area contributed by atoms with Gasteiger partial charge in [-0.1, -0.05) is 22.0 Å². The summed E-state index contributed by atoms with van der Waals surface area (Å²) in [7, 11) is 0. The molecule has 88 valence electrons. The van der Waals surface area contributed by atoms with Crippen molar-refractivity contribution in [2.75, 3.05) is 11.4 Å². The lowest BCUT2D eigenvalue weighted by molar-refractivity contribution is -0.116. The zero-order chi connectivity index (χ0) is 12.4. The zero-order valence-electron chi connectivity index (χ0n) is 9.02. The van der Waals surface area contributed by atoms with Gasteiger partial charge in [0, 0.05) is 28.9 Å². The summed E-state index contributed by atoms with van der Waals surface area (Å²) in [6, 6.07) is 5.84. The second kappa shape index (κ2) is 4.71. The third kappa shape index (κ3) is 2.55. The number of hydrogen-bond acceptors (Lipinski definition) is 2. The van der Waals surface area contributed by atoms with Crippen molar-refractivity contribution in [3.63, 3.8) is 0 Å². The van der Waals surface area contributed by atoms with Gasteiger partial charge in [-0.05, 0) is 24.1 Å². The van der Waals surface area contributed by atoms with Gasteiger partial charge in [0.25, 0.3) is 5.91 Å². The fourth-order valence-corrected chi connectivity index (χ4v) is 2.17. The van der Waals surface area contributed by atoms with Crippen molar-refractivity contribution in [3.8, 4) is 0 Å². The number of halogens is 1. The largest absolute Gasteiger partial charge is 0.366 e. The number of fused-ring (bicyclic) bond motifs is 1. The van der Waals surface area contributed by atoms with Crippen LogP contribution in [-0.4, -0.2) is 18.4 Å². The van der Waals surface area contributed by atoms with Gasteiger partial charge in [0.15, 0.2) is 0 Å². The SMILES string of the molecule is NC(=O)/C=C/C(=O)N1CCc2ccc(Br)cc21. The normalized spacial score (nSPS) is 14.1. The highest BCUT2D eigenvalue weighted by molar-refractivity contribution is 9.10. The fraction of sp³-hybridized carbons (Fsp3) is 0.167. The maximum atomic E-state index is 11.8. The van der Waals surface area contributed by atoms with E-state index in [-0.39, 0.29) is 5.91 Å². The molecule has 1 aromatic carbocycles. The Morgan fingerprint density at radius 2 is 2.12 bits per heavy atom. The van der Waals surface area contributed by atoms with E-state index in [9.17, 15) is 9.59 Å². The summed E-state index contributed by atoms with van der Waals surface area (Å²) in [4.78, 5) is 24.1. The number of anilines is 1. The van der Waals surface area contributed by atoms with Gasteiger partial charge < -0.3 is 10.6 Å². The molecule has 1 aliphatic rings. The van der Waals surface area contributed by atoms with E-state index in [1.165, 1.54) is 6.08 Å². The number of nitrogens with two attached hydrogens (primary N) is 1. The zero-order valence-corrected chi connectivity index (χ0v) is 10.6. The van der Waals surface area contributed by atoms with Gasteiger partial charge >= 0.3 is 0 Å². The quantitative estimate of drug-likeness (QED) is 0.838. The molecule has 0 aliphatic carbocycles. The molecule has 5 heteroatoms. The molecular weight excluding hydrogens is 284 g/mol. The molecule has 4 nitrogen and oxygen atoms in total. The monoisotopic (exact) mass is 294 g/mol. The summed E-state index contributed by atoms with van der Waals surface area (Å²) < 4.78 is 0.926. The average Bonchev–Trinajstić information content (AvgIpc) is 2.68. The first-order chi connectivity index (χ1) is 8.08. The van der Waals surface area contributed by atoms with Crippen LogP contribution in [0, 0.1) is 0 Å². The lowest BCUT2D eigenvalue weighted by atomic mass is 10.2. The van der Waals surface area contributed by atoms with Crippen LogP contribution >= 0.6 is 15.9 Å². The second-order valence-corrected chi connectivity index (χ2v) is 4.66. The number of primary amides is 1. The van der Waals surface area contributed by atoms with E-state index in [1.54, 1.807) is 4.90 Å². The van der Waals surface area contributed by atoms with Gasteiger partial charge in [0.1, 0.15) is 0 Å². The Hall–Kier alpha value is -1.62. The van der Waals surface area contributed by atoms with Gasteiger partial charge in [0.05, 0.1) is 0 Å². The van der Waals surface area contributed by atoms with Crippen LogP contribution in [0.1, 0.15) is 5.56 Å². The minimum atomic E-state index is -0.619. The molecule has 0 saturated heterocycles. The third-order valence-corrected chi connectivity index (χ3v) is 3.09. The van der Waals surface area contributed by atoms with Crippen molar-refractivity contribution in [1.82, 2.24) is 0 Å². The van der Waals surface area contributed by atoms with Crippen molar-refractivity contribution in [2.24, 2.45) is 5.73 Å². The standard InChI is InChI=1S/C12H11BrN2O2/c13-9-2-1-8-5-6-15(10(8)7-9)12(17)4-3-11(14)16/h1-4,7H,5-6H2,(H2,14,16)/b4-3+. The number of amides is 2. The van der Waals surface area contributed by atoms with Crippen LogP contribution in [-0.2, 0) is 16.0 Å². The number of benzene rings is 1. The Morgan fingerprint density at radius 3 is 2.82 bits per heavy atom. The molecule has 0 bridgehead atoms. The first-order valence-electron chi connectivity index (χ1n) is 5.15. The third-order valence-electron chi connectivity index (χ3n) is 2.60. The van der Waals surface area contributed by atoms with Crippen molar-refractivity contribution >= 4 is 33.4 Å². The summed E-state index contributed by atoms with van der Waals surface area (Å²) >= 11 is 3.37. The van der Waals surface area contributed by atoms with Gasteiger partial charge in [-0.2, -0.15) is 0 Å². The molecule has 2 rings (SSSR count). The van der Waals surface area contributed by atoms with Gasteiger partial charge in [-0.15, -0.1) is 0 Å². The minimum absolute atomic E-state index is 0.222. The molecule has 0 fully saturated rings. The van der Waals surface area contributed by atoms with Crippen LogP contribution in [0.5, 0.6) is 0 Å².